The Bertz CT molecular complexity index is 707. The number of benzene rings is 1. The number of rotatable bonds is 3. The quantitative estimate of drug-likeness (QED) is 0.882. The zero-order valence-electron chi connectivity index (χ0n) is 11.3. The van der Waals surface area contributed by atoms with Gasteiger partial charge >= 0.3 is 0 Å². The Labute approximate surface area is 125 Å². The van der Waals surface area contributed by atoms with Crippen LogP contribution in [0.15, 0.2) is 29.6 Å². The fourth-order valence-electron chi connectivity index (χ4n) is 2.15. The summed E-state index contributed by atoms with van der Waals surface area (Å²) in [5, 5.41) is 4.52. The number of methoxy groups -OCH3 is 1. The third-order valence-corrected chi connectivity index (χ3v) is 4.08. The SMILES string of the molecule is COc1ccsc1C(=O)c1ccc2c(c1)C(=O)NCCO2. The monoisotopic (exact) mass is 303 g/mol. The van der Waals surface area contributed by atoms with E-state index >= 15 is 0 Å². The van der Waals surface area contributed by atoms with Gasteiger partial charge in [0.05, 0.1) is 19.2 Å². The number of amides is 1. The van der Waals surface area contributed by atoms with Crippen molar-refractivity contribution in [2.24, 2.45) is 0 Å². The molecular weight excluding hydrogens is 290 g/mol. The van der Waals surface area contributed by atoms with Crippen molar-refractivity contribution in [1.29, 1.82) is 0 Å². The van der Waals surface area contributed by atoms with Gasteiger partial charge in [-0.3, -0.25) is 9.59 Å². The highest BCUT2D eigenvalue weighted by Gasteiger charge is 2.21. The lowest BCUT2D eigenvalue weighted by Gasteiger charge is -2.07. The molecule has 3 rings (SSSR count). The lowest BCUT2D eigenvalue weighted by atomic mass is 10.0. The van der Waals surface area contributed by atoms with Crippen LogP contribution in [-0.2, 0) is 0 Å². The second kappa shape index (κ2) is 5.57. The molecule has 0 atom stereocenters. The van der Waals surface area contributed by atoms with Crippen molar-refractivity contribution in [2.45, 2.75) is 0 Å². The fraction of sp³-hybridized carbons (Fsp3) is 0.200. The highest BCUT2D eigenvalue weighted by atomic mass is 32.1. The smallest absolute Gasteiger partial charge is 0.255 e. The molecule has 2 heterocycles. The van der Waals surface area contributed by atoms with Crippen LogP contribution in [0.3, 0.4) is 0 Å². The van der Waals surface area contributed by atoms with Crippen LogP contribution in [0.25, 0.3) is 0 Å². The van der Waals surface area contributed by atoms with Crippen molar-refractivity contribution in [3.8, 4) is 11.5 Å². The van der Waals surface area contributed by atoms with E-state index in [1.807, 2.05) is 0 Å². The largest absolute Gasteiger partial charge is 0.495 e. The van der Waals surface area contributed by atoms with Gasteiger partial charge in [0.25, 0.3) is 5.91 Å². The molecule has 0 fully saturated rings. The van der Waals surface area contributed by atoms with E-state index in [2.05, 4.69) is 5.32 Å². The minimum Gasteiger partial charge on any atom is -0.495 e. The van der Waals surface area contributed by atoms with Gasteiger partial charge in [-0.15, -0.1) is 11.3 Å². The van der Waals surface area contributed by atoms with Crippen molar-refractivity contribution < 1.29 is 19.1 Å². The maximum atomic E-state index is 12.5. The summed E-state index contributed by atoms with van der Waals surface area (Å²) in [5.74, 6) is 0.650. The summed E-state index contributed by atoms with van der Waals surface area (Å²) < 4.78 is 10.6. The minimum atomic E-state index is -0.227. The zero-order valence-corrected chi connectivity index (χ0v) is 12.2. The molecule has 6 heteroatoms. The number of hydrogen-bond donors (Lipinski definition) is 1. The van der Waals surface area contributed by atoms with Crippen LogP contribution < -0.4 is 14.8 Å². The number of ketones is 1. The van der Waals surface area contributed by atoms with Crippen molar-refractivity contribution in [3.63, 3.8) is 0 Å². The molecule has 1 amide bonds. The summed E-state index contributed by atoms with van der Waals surface area (Å²) >= 11 is 1.31. The summed E-state index contributed by atoms with van der Waals surface area (Å²) in [4.78, 5) is 25.0. The Morgan fingerprint density at radius 2 is 2.24 bits per heavy atom. The van der Waals surface area contributed by atoms with Gasteiger partial charge in [0.1, 0.15) is 23.0 Å². The maximum absolute atomic E-state index is 12.5. The molecule has 0 aliphatic carbocycles. The van der Waals surface area contributed by atoms with Crippen LogP contribution >= 0.6 is 11.3 Å². The average molecular weight is 303 g/mol. The van der Waals surface area contributed by atoms with Gasteiger partial charge in [-0.2, -0.15) is 0 Å². The Balaban J connectivity index is 2.00. The lowest BCUT2D eigenvalue weighted by molar-refractivity contribution is 0.0957. The Morgan fingerprint density at radius 1 is 1.38 bits per heavy atom. The van der Waals surface area contributed by atoms with Crippen molar-refractivity contribution in [2.75, 3.05) is 20.3 Å². The summed E-state index contributed by atoms with van der Waals surface area (Å²) in [5.41, 5.74) is 0.823. The molecule has 1 aromatic heterocycles. The third-order valence-electron chi connectivity index (χ3n) is 3.19. The number of carbonyl (C=O) groups is 2. The topological polar surface area (TPSA) is 64.6 Å². The molecule has 0 bridgehead atoms. The van der Waals surface area contributed by atoms with E-state index in [0.29, 0.717) is 40.7 Å². The highest BCUT2D eigenvalue weighted by Crippen LogP contribution is 2.29. The molecule has 2 aromatic rings. The van der Waals surface area contributed by atoms with Crippen molar-refractivity contribution in [1.82, 2.24) is 5.32 Å². The number of carbonyl (C=O) groups excluding carboxylic acids is 2. The molecular formula is C15H13NO4S. The van der Waals surface area contributed by atoms with E-state index < -0.39 is 0 Å². The van der Waals surface area contributed by atoms with Crippen LogP contribution in [0.5, 0.6) is 11.5 Å². The van der Waals surface area contributed by atoms with Crippen LogP contribution in [0.1, 0.15) is 25.6 Å². The molecule has 5 nitrogen and oxygen atoms in total. The first-order chi connectivity index (χ1) is 10.2. The second-order valence-corrected chi connectivity index (χ2v) is 5.38. The number of nitrogens with one attached hydrogen (secondary N) is 1. The molecule has 1 aromatic carbocycles. The summed E-state index contributed by atoms with van der Waals surface area (Å²) in [6.45, 7) is 0.875. The molecule has 0 spiro atoms. The molecule has 108 valence electrons. The van der Waals surface area contributed by atoms with Gasteiger partial charge in [0.2, 0.25) is 5.78 Å². The van der Waals surface area contributed by atoms with E-state index in [4.69, 9.17) is 9.47 Å². The average Bonchev–Trinajstić information content (AvgIpc) is 2.91. The molecule has 0 saturated heterocycles. The Morgan fingerprint density at radius 3 is 3.05 bits per heavy atom. The van der Waals surface area contributed by atoms with E-state index in [9.17, 15) is 9.59 Å². The van der Waals surface area contributed by atoms with E-state index in [1.54, 1.807) is 29.6 Å². The zero-order chi connectivity index (χ0) is 14.8. The van der Waals surface area contributed by atoms with Gasteiger partial charge < -0.3 is 14.8 Å². The van der Waals surface area contributed by atoms with Crippen LogP contribution in [0.2, 0.25) is 0 Å². The Hall–Kier alpha value is -2.34. The summed E-state index contributed by atoms with van der Waals surface area (Å²) in [6.07, 6.45) is 0. The molecule has 21 heavy (non-hydrogen) atoms. The number of hydrogen-bond acceptors (Lipinski definition) is 5. The van der Waals surface area contributed by atoms with Crippen LogP contribution in [0.4, 0.5) is 0 Å². The van der Waals surface area contributed by atoms with Crippen molar-refractivity contribution >= 4 is 23.0 Å². The van der Waals surface area contributed by atoms with Crippen LogP contribution in [-0.4, -0.2) is 32.0 Å². The van der Waals surface area contributed by atoms with Crippen molar-refractivity contribution in [3.05, 3.63) is 45.6 Å². The third kappa shape index (κ3) is 2.50. The molecule has 1 aliphatic rings. The van der Waals surface area contributed by atoms with Crippen LogP contribution in [0, 0.1) is 0 Å². The van der Waals surface area contributed by atoms with Gasteiger partial charge in [0.15, 0.2) is 0 Å². The van der Waals surface area contributed by atoms with Gasteiger partial charge in [0, 0.05) is 5.56 Å². The molecule has 0 saturated carbocycles. The lowest BCUT2D eigenvalue weighted by Crippen LogP contribution is -2.24. The maximum Gasteiger partial charge on any atom is 0.255 e. The van der Waals surface area contributed by atoms with E-state index in [0.717, 1.165) is 0 Å². The van der Waals surface area contributed by atoms with E-state index in [1.165, 1.54) is 18.4 Å². The fourth-order valence-corrected chi connectivity index (χ4v) is 2.97. The molecule has 0 radical (unpaired) electrons. The standard InChI is InChI=1S/C15H13NO4S/c1-19-12-4-7-21-14(12)13(17)9-2-3-11-10(8-9)15(18)16-5-6-20-11/h2-4,7-8H,5-6H2,1H3,(H,16,18). The first-order valence-corrected chi connectivity index (χ1v) is 7.30. The normalized spacial score (nSPS) is 13.7. The number of fused-ring (bicyclic) bond motifs is 1. The minimum absolute atomic E-state index is 0.165. The highest BCUT2D eigenvalue weighted by molar-refractivity contribution is 7.12. The predicted molar refractivity (Wildman–Crippen MR) is 78.6 cm³/mol. The van der Waals surface area contributed by atoms with Gasteiger partial charge in [-0.25, -0.2) is 0 Å². The molecule has 0 unspecified atom stereocenters. The first kappa shape index (κ1) is 13.6. The summed E-state index contributed by atoms with van der Waals surface area (Å²) in [7, 11) is 1.52. The summed E-state index contributed by atoms with van der Waals surface area (Å²) in [6, 6.07) is 6.64. The predicted octanol–water partition coefficient (Wildman–Crippen LogP) is 2.11. The molecule has 1 aliphatic heterocycles. The molecule has 1 N–H and O–H groups in total. The van der Waals surface area contributed by atoms with Gasteiger partial charge in [-0.1, -0.05) is 0 Å². The number of ether oxygens (including phenoxy) is 2. The van der Waals surface area contributed by atoms with Gasteiger partial charge in [-0.05, 0) is 29.6 Å². The Kier molecular flexibility index (Phi) is 3.62. The number of thiophene rings is 1. The second-order valence-electron chi connectivity index (χ2n) is 4.46. The first-order valence-electron chi connectivity index (χ1n) is 6.42. The van der Waals surface area contributed by atoms with E-state index in [-0.39, 0.29) is 11.7 Å².